The third-order valence-corrected chi connectivity index (χ3v) is 4.15. The summed E-state index contributed by atoms with van der Waals surface area (Å²) in [6.45, 7) is -0.112. The second-order valence-electron chi connectivity index (χ2n) is 3.17. The van der Waals surface area contributed by atoms with E-state index < -0.39 is 15.9 Å². The first-order chi connectivity index (χ1) is 7.79. The van der Waals surface area contributed by atoms with Crippen molar-refractivity contribution in [1.82, 2.24) is 5.32 Å². The number of carbonyl (C=O) groups is 1. The van der Waals surface area contributed by atoms with Gasteiger partial charge in [0.1, 0.15) is 0 Å². The molecule has 1 aromatic carbocycles. The first kappa shape index (κ1) is 15.1. The zero-order valence-electron chi connectivity index (χ0n) is 8.48. The minimum absolute atomic E-state index is 0.112. The van der Waals surface area contributed by atoms with Crippen LogP contribution < -0.4 is 5.32 Å². The highest BCUT2D eigenvalue weighted by Crippen LogP contribution is 2.15. The van der Waals surface area contributed by atoms with Crippen molar-refractivity contribution < 1.29 is 17.8 Å². The van der Waals surface area contributed by atoms with Crippen LogP contribution in [0.5, 0.6) is 0 Å². The summed E-state index contributed by atoms with van der Waals surface area (Å²) in [5, 5.41) is 2.44. The van der Waals surface area contributed by atoms with Gasteiger partial charge in [-0.3, -0.25) is 9.35 Å². The van der Waals surface area contributed by atoms with Crippen molar-refractivity contribution >= 4 is 61.2 Å². The molecule has 0 saturated carbocycles. The Kier molecular flexibility index (Phi) is 5.60. The van der Waals surface area contributed by atoms with E-state index in [0.29, 0.717) is 5.56 Å². The molecule has 94 valence electrons. The largest absolute Gasteiger partial charge is 0.351 e. The molecular weight excluding hydrogens is 472 g/mol. The average Bonchev–Trinajstić information content (AvgIpc) is 2.19. The van der Waals surface area contributed by atoms with Crippen LogP contribution in [0, 0.1) is 7.14 Å². The number of benzene rings is 1. The van der Waals surface area contributed by atoms with Crippen LogP contribution in [0.15, 0.2) is 18.2 Å². The summed E-state index contributed by atoms with van der Waals surface area (Å²) in [5.74, 6) is -0.837. The predicted octanol–water partition coefficient (Wildman–Crippen LogP) is 1.51. The van der Waals surface area contributed by atoms with Gasteiger partial charge in [0.2, 0.25) is 0 Å². The van der Waals surface area contributed by atoms with Crippen molar-refractivity contribution in [1.29, 1.82) is 0 Å². The molecule has 0 bridgehead atoms. The molecule has 8 heteroatoms. The Bertz CT molecular complexity index is 530. The number of hydrogen-bond donors (Lipinski definition) is 2. The maximum Gasteiger partial charge on any atom is 0.266 e. The maximum absolute atomic E-state index is 11.7. The van der Waals surface area contributed by atoms with E-state index in [-0.39, 0.29) is 12.5 Å². The predicted molar refractivity (Wildman–Crippen MR) is 80.6 cm³/mol. The highest BCUT2D eigenvalue weighted by molar-refractivity contribution is 14.1. The molecule has 5 nitrogen and oxygen atoms in total. The third-order valence-electron chi connectivity index (χ3n) is 1.82. The summed E-state index contributed by atoms with van der Waals surface area (Å²) < 4.78 is 31.2. The van der Waals surface area contributed by atoms with Crippen molar-refractivity contribution in [2.24, 2.45) is 0 Å². The van der Waals surface area contributed by atoms with Crippen LogP contribution >= 0.6 is 45.2 Å². The van der Waals surface area contributed by atoms with Crippen molar-refractivity contribution in [2.45, 2.75) is 0 Å². The molecule has 0 heterocycles. The van der Waals surface area contributed by atoms with Crippen LogP contribution in [0.3, 0.4) is 0 Å². The monoisotopic (exact) mass is 481 g/mol. The topological polar surface area (TPSA) is 83.5 Å². The average molecular weight is 481 g/mol. The van der Waals surface area contributed by atoms with Crippen LogP contribution in [0.25, 0.3) is 0 Å². The highest BCUT2D eigenvalue weighted by Gasteiger charge is 2.11. The van der Waals surface area contributed by atoms with Gasteiger partial charge in [-0.05, 0) is 63.4 Å². The van der Waals surface area contributed by atoms with E-state index in [0.717, 1.165) is 7.14 Å². The molecule has 1 rings (SSSR count). The van der Waals surface area contributed by atoms with Gasteiger partial charge in [-0.25, -0.2) is 0 Å². The Morgan fingerprint density at radius 1 is 1.35 bits per heavy atom. The second-order valence-corrected chi connectivity index (χ2v) is 7.15. The fraction of sp³-hybridized carbons (Fsp3) is 0.222. The first-order valence-electron chi connectivity index (χ1n) is 4.48. The normalized spacial score (nSPS) is 11.2. The third kappa shape index (κ3) is 5.48. The summed E-state index contributed by atoms with van der Waals surface area (Å²) >= 11 is 4.12. The Morgan fingerprint density at radius 2 is 2.00 bits per heavy atom. The van der Waals surface area contributed by atoms with E-state index in [1.54, 1.807) is 12.1 Å². The quantitative estimate of drug-likeness (QED) is 0.505. The van der Waals surface area contributed by atoms with Gasteiger partial charge in [0, 0.05) is 13.7 Å². The number of rotatable bonds is 4. The molecular formula is C9H9I2NO4S. The van der Waals surface area contributed by atoms with E-state index in [1.807, 2.05) is 28.7 Å². The van der Waals surface area contributed by atoms with E-state index in [1.165, 1.54) is 0 Å². The molecule has 0 atom stereocenters. The number of nitrogens with one attached hydrogen (secondary N) is 1. The molecule has 0 aliphatic rings. The van der Waals surface area contributed by atoms with Crippen LogP contribution in [0.4, 0.5) is 0 Å². The smallest absolute Gasteiger partial charge is 0.266 e. The fourth-order valence-electron chi connectivity index (χ4n) is 1.06. The second kappa shape index (κ2) is 6.29. The first-order valence-corrected chi connectivity index (χ1v) is 8.24. The molecule has 0 radical (unpaired) electrons. The van der Waals surface area contributed by atoms with Crippen LogP contribution in [-0.2, 0) is 10.1 Å². The Balaban J connectivity index is 2.67. The summed E-state index contributed by atoms with van der Waals surface area (Å²) in [7, 11) is -4.04. The molecule has 2 N–H and O–H groups in total. The molecule has 0 spiro atoms. The number of halogens is 2. The molecule has 17 heavy (non-hydrogen) atoms. The number of hydrogen-bond acceptors (Lipinski definition) is 3. The molecule has 1 amide bonds. The van der Waals surface area contributed by atoms with Gasteiger partial charge in [0.05, 0.1) is 11.3 Å². The summed E-state index contributed by atoms with van der Waals surface area (Å²) in [6.07, 6.45) is 0. The van der Waals surface area contributed by atoms with Gasteiger partial charge in [-0.15, -0.1) is 0 Å². The highest BCUT2D eigenvalue weighted by atomic mass is 127. The van der Waals surface area contributed by atoms with Crippen molar-refractivity contribution in [3.8, 4) is 0 Å². The van der Waals surface area contributed by atoms with E-state index >= 15 is 0 Å². The van der Waals surface area contributed by atoms with Crippen molar-refractivity contribution in [3.05, 3.63) is 30.9 Å². The molecule has 0 aliphatic heterocycles. The van der Waals surface area contributed by atoms with Gasteiger partial charge in [-0.2, -0.15) is 8.42 Å². The van der Waals surface area contributed by atoms with Crippen molar-refractivity contribution in [3.63, 3.8) is 0 Å². The Morgan fingerprint density at radius 3 is 2.59 bits per heavy atom. The molecule has 0 saturated heterocycles. The lowest BCUT2D eigenvalue weighted by atomic mass is 10.2. The van der Waals surface area contributed by atoms with Gasteiger partial charge >= 0.3 is 0 Å². The van der Waals surface area contributed by atoms with E-state index in [4.69, 9.17) is 4.55 Å². The number of carbonyl (C=O) groups excluding carboxylic acids is 1. The van der Waals surface area contributed by atoms with Crippen LogP contribution in [0.1, 0.15) is 10.4 Å². The summed E-state index contributed by atoms with van der Waals surface area (Å²) in [6, 6.07) is 5.39. The van der Waals surface area contributed by atoms with Gasteiger partial charge in [0.15, 0.2) is 0 Å². The summed E-state index contributed by atoms with van der Waals surface area (Å²) in [4.78, 5) is 11.7. The number of amides is 1. The lowest BCUT2D eigenvalue weighted by Crippen LogP contribution is -2.29. The van der Waals surface area contributed by atoms with E-state index in [2.05, 4.69) is 27.9 Å². The standard InChI is InChI=1S/C9H9I2NO4S/c10-6-1-2-8(11)7(5-6)9(13)12-3-4-17(14,15)16/h1-2,5H,3-4H2,(H,12,13)(H,14,15,16). The molecule has 0 fully saturated rings. The van der Waals surface area contributed by atoms with Crippen LogP contribution in [-0.4, -0.2) is 31.2 Å². The Hall–Kier alpha value is 0.0600. The minimum atomic E-state index is -4.04. The van der Waals surface area contributed by atoms with E-state index in [9.17, 15) is 13.2 Å². The lowest BCUT2D eigenvalue weighted by molar-refractivity contribution is 0.0955. The zero-order valence-corrected chi connectivity index (χ0v) is 13.6. The maximum atomic E-state index is 11.7. The van der Waals surface area contributed by atoms with Crippen molar-refractivity contribution in [2.75, 3.05) is 12.3 Å². The molecule has 0 aromatic heterocycles. The minimum Gasteiger partial charge on any atom is -0.351 e. The Labute approximate surface area is 126 Å². The van der Waals surface area contributed by atoms with Gasteiger partial charge in [0.25, 0.3) is 16.0 Å². The summed E-state index contributed by atoms with van der Waals surface area (Å²) in [5.41, 5.74) is 0.493. The molecule has 0 unspecified atom stereocenters. The lowest BCUT2D eigenvalue weighted by Gasteiger charge is -2.06. The molecule has 1 aromatic rings. The van der Waals surface area contributed by atoms with Gasteiger partial charge < -0.3 is 5.32 Å². The fourth-order valence-corrected chi connectivity index (χ4v) is 2.49. The SMILES string of the molecule is O=C(NCCS(=O)(=O)O)c1cc(I)ccc1I. The van der Waals surface area contributed by atoms with Crippen LogP contribution in [0.2, 0.25) is 0 Å². The molecule has 0 aliphatic carbocycles. The van der Waals surface area contributed by atoms with Gasteiger partial charge in [-0.1, -0.05) is 0 Å². The zero-order chi connectivity index (χ0) is 13.1.